The van der Waals surface area contributed by atoms with Crippen molar-refractivity contribution in [2.24, 2.45) is 16.0 Å². The predicted octanol–water partition coefficient (Wildman–Crippen LogP) is 1.43. The number of anilines is 1. The van der Waals surface area contributed by atoms with Crippen molar-refractivity contribution in [3.05, 3.63) is 23.8 Å². The zero-order chi connectivity index (χ0) is 15.1. The summed E-state index contributed by atoms with van der Waals surface area (Å²) < 4.78 is 23.4. The third-order valence-electron chi connectivity index (χ3n) is 2.50. The first-order valence-corrected chi connectivity index (χ1v) is 7.62. The van der Waals surface area contributed by atoms with Crippen LogP contribution in [0.15, 0.2) is 22.6 Å². The van der Waals surface area contributed by atoms with Crippen molar-refractivity contribution in [3.8, 4) is 5.75 Å². The summed E-state index contributed by atoms with van der Waals surface area (Å²) in [5.41, 5.74) is 7.01. The molecular formula is C13H21N3O3S. The average Bonchev–Trinajstić information content (AvgIpc) is 2.46. The minimum Gasteiger partial charge on any atom is -0.492 e. The molecule has 2 unspecified atom stereocenters. The fourth-order valence-corrected chi connectivity index (χ4v) is 2.21. The summed E-state index contributed by atoms with van der Waals surface area (Å²) in [5, 5.41) is 8.96. The van der Waals surface area contributed by atoms with Gasteiger partial charge in [-0.1, -0.05) is 26.8 Å². The number of rotatable bonds is 4. The third kappa shape index (κ3) is 3.94. The van der Waals surface area contributed by atoms with Gasteiger partial charge in [-0.15, -0.1) is 0 Å². The van der Waals surface area contributed by atoms with Crippen molar-refractivity contribution in [2.45, 2.75) is 20.8 Å². The summed E-state index contributed by atoms with van der Waals surface area (Å²) in [6, 6.07) is 5.30. The molecule has 6 nitrogen and oxygen atoms in total. The van der Waals surface area contributed by atoms with E-state index in [4.69, 9.17) is 15.6 Å². The molecule has 0 radical (unpaired) electrons. The molecule has 0 saturated carbocycles. The van der Waals surface area contributed by atoms with E-state index < -0.39 is 11.2 Å². The van der Waals surface area contributed by atoms with Gasteiger partial charge in [-0.3, -0.25) is 4.72 Å². The van der Waals surface area contributed by atoms with Crippen LogP contribution in [0.2, 0.25) is 0 Å². The number of ether oxygens (including phenoxy) is 1. The van der Waals surface area contributed by atoms with Crippen molar-refractivity contribution in [3.63, 3.8) is 0 Å². The smallest absolute Gasteiger partial charge is 0.245 e. The molecule has 1 aliphatic heterocycles. The molecule has 7 heteroatoms. The molecule has 0 bridgehead atoms. The van der Waals surface area contributed by atoms with Gasteiger partial charge < -0.3 is 15.6 Å². The number of aliphatic hydroxyl groups is 1. The zero-order valence-electron chi connectivity index (χ0n) is 11.9. The van der Waals surface area contributed by atoms with E-state index >= 15 is 0 Å². The van der Waals surface area contributed by atoms with E-state index in [1.165, 1.54) is 0 Å². The highest BCUT2D eigenvalue weighted by Gasteiger charge is 2.20. The van der Waals surface area contributed by atoms with Crippen molar-refractivity contribution < 1.29 is 14.1 Å². The van der Waals surface area contributed by atoms with Gasteiger partial charge in [-0.2, -0.15) is 4.40 Å². The van der Waals surface area contributed by atoms with E-state index in [0.29, 0.717) is 23.6 Å². The molecule has 0 spiro atoms. The number of fused-ring (bicyclic) bond motifs is 1. The Bertz CT molecular complexity index is 506. The third-order valence-corrected chi connectivity index (χ3v) is 3.25. The van der Waals surface area contributed by atoms with Crippen molar-refractivity contribution in [2.75, 3.05) is 17.9 Å². The molecule has 0 saturated heterocycles. The van der Waals surface area contributed by atoms with Gasteiger partial charge in [-0.25, -0.2) is 4.21 Å². The molecule has 1 aromatic rings. The van der Waals surface area contributed by atoms with Gasteiger partial charge >= 0.3 is 0 Å². The second-order valence-corrected chi connectivity index (χ2v) is 4.99. The molecule has 0 aromatic heterocycles. The number of hydrogen-bond donors (Lipinski definition) is 3. The van der Waals surface area contributed by atoms with Gasteiger partial charge in [0.05, 0.1) is 17.9 Å². The zero-order valence-corrected chi connectivity index (χ0v) is 12.7. The van der Waals surface area contributed by atoms with Gasteiger partial charge in [0.25, 0.3) is 0 Å². The Balaban J connectivity index is 0.000000956. The van der Waals surface area contributed by atoms with Crippen molar-refractivity contribution >= 4 is 22.7 Å². The fraction of sp³-hybridized carbons (Fsp3) is 0.462. The highest BCUT2D eigenvalue weighted by atomic mass is 32.2. The molecule has 0 aliphatic carbocycles. The Hall–Kier alpha value is -1.60. The van der Waals surface area contributed by atoms with Crippen LogP contribution >= 0.6 is 0 Å². The van der Waals surface area contributed by atoms with Crippen molar-refractivity contribution in [1.29, 1.82) is 0 Å². The van der Waals surface area contributed by atoms with Crippen LogP contribution in [-0.2, 0) is 11.2 Å². The molecule has 1 aromatic carbocycles. The van der Waals surface area contributed by atoms with Gasteiger partial charge in [0.1, 0.15) is 11.6 Å². The lowest BCUT2D eigenvalue weighted by Crippen LogP contribution is -2.24. The lowest BCUT2D eigenvalue weighted by atomic mass is 10.1. The number of hydrogen-bond acceptors (Lipinski definition) is 4. The Labute approximate surface area is 121 Å². The Morgan fingerprint density at radius 3 is 2.85 bits per heavy atom. The predicted molar refractivity (Wildman–Crippen MR) is 82.0 cm³/mol. The SMILES string of the molecule is CC.CC(CO)COc1cccc2c1C(N)=NS(=O)N2. The monoisotopic (exact) mass is 299 g/mol. The van der Waals surface area contributed by atoms with E-state index in [2.05, 4.69) is 9.12 Å². The molecule has 2 rings (SSSR count). The van der Waals surface area contributed by atoms with E-state index in [-0.39, 0.29) is 18.4 Å². The molecule has 4 N–H and O–H groups in total. The molecule has 20 heavy (non-hydrogen) atoms. The quantitative estimate of drug-likeness (QED) is 0.783. The minimum absolute atomic E-state index is 0.0321. The van der Waals surface area contributed by atoms with Crippen LogP contribution in [0.4, 0.5) is 5.69 Å². The largest absolute Gasteiger partial charge is 0.492 e. The average molecular weight is 299 g/mol. The standard InChI is InChI=1S/C11H15N3O3S.C2H6/c1-7(5-15)6-17-9-4-2-3-8-10(9)11(12)14-18(16)13-8;1-2/h2-4,7,13,15H,5-6H2,1H3,(H2,12,14);1-2H3. The first-order valence-electron chi connectivity index (χ1n) is 6.51. The Morgan fingerprint density at radius 1 is 1.50 bits per heavy atom. The summed E-state index contributed by atoms with van der Waals surface area (Å²) in [5.74, 6) is 0.789. The maximum atomic E-state index is 11.3. The molecule has 112 valence electrons. The van der Waals surface area contributed by atoms with Crippen LogP contribution < -0.4 is 15.2 Å². The van der Waals surface area contributed by atoms with Crippen LogP contribution in [0, 0.1) is 5.92 Å². The summed E-state index contributed by atoms with van der Waals surface area (Å²) in [6.45, 7) is 6.31. The second-order valence-electron chi connectivity index (χ2n) is 4.11. The van der Waals surface area contributed by atoms with Crippen LogP contribution in [0.1, 0.15) is 26.3 Å². The summed E-state index contributed by atoms with van der Waals surface area (Å²) in [4.78, 5) is 0. The number of amidine groups is 1. The number of nitrogens with one attached hydrogen (secondary N) is 1. The van der Waals surface area contributed by atoms with Crippen molar-refractivity contribution in [1.82, 2.24) is 0 Å². The second kappa shape index (κ2) is 7.86. The van der Waals surface area contributed by atoms with Gasteiger partial charge in [-0.05, 0) is 12.1 Å². The number of nitrogens with zero attached hydrogens (tertiary/aromatic N) is 1. The van der Waals surface area contributed by atoms with Crippen LogP contribution in [-0.4, -0.2) is 28.4 Å². The number of nitrogens with two attached hydrogens (primary N) is 1. The van der Waals surface area contributed by atoms with E-state index in [9.17, 15) is 4.21 Å². The summed E-state index contributed by atoms with van der Waals surface area (Å²) in [7, 11) is 0. The first kappa shape index (κ1) is 16.5. The molecule has 0 amide bonds. The van der Waals surface area contributed by atoms with Crippen LogP contribution in [0.5, 0.6) is 5.75 Å². The van der Waals surface area contributed by atoms with E-state index in [1.807, 2.05) is 20.8 Å². The molecule has 1 aliphatic rings. The summed E-state index contributed by atoms with van der Waals surface area (Å²) >= 11 is -1.54. The Kier molecular flexibility index (Phi) is 6.47. The van der Waals surface area contributed by atoms with E-state index in [0.717, 1.165) is 0 Å². The van der Waals surface area contributed by atoms with Gasteiger partial charge in [0, 0.05) is 12.5 Å². The van der Waals surface area contributed by atoms with E-state index in [1.54, 1.807) is 18.2 Å². The molecule has 2 atom stereocenters. The minimum atomic E-state index is -1.54. The normalized spacial score (nSPS) is 17.8. The molecular weight excluding hydrogens is 278 g/mol. The molecule has 1 heterocycles. The highest BCUT2D eigenvalue weighted by molar-refractivity contribution is 7.85. The lowest BCUT2D eigenvalue weighted by molar-refractivity contribution is 0.174. The molecule has 0 fully saturated rings. The van der Waals surface area contributed by atoms with Gasteiger partial charge in [0.2, 0.25) is 11.2 Å². The fourth-order valence-electron chi connectivity index (χ4n) is 1.54. The van der Waals surface area contributed by atoms with Gasteiger partial charge in [0.15, 0.2) is 0 Å². The topological polar surface area (TPSA) is 96.9 Å². The highest BCUT2D eigenvalue weighted by Crippen LogP contribution is 2.29. The lowest BCUT2D eigenvalue weighted by Gasteiger charge is -2.19. The Morgan fingerprint density at radius 2 is 2.20 bits per heavy atom. The van der Waals surface area contributed by atoms with Crippen LogP contribution in [0.25, 0.3) is 0 Å². The maximum absolute atomic E-state index is 11.3. The number of benzene rings is 1. The van der Waals surface area contributed by atoms with Crippen LogP contribution in [0.3, 0.4) is 0 Å². The summed E-state index contributed by atoms with van der Waals surface area (Å²) in [6.07, 6.45) is 0. The first-order chi connectivity index (χ1) is 9.61. The maximum Gasteiger partial charge on any atom is 0.245 e. The number of aliphatic hydroxyl groups excluding tert-OH is 1.